The van der Waals surface area contributed by atoms with E-state index < -0.39 is 9.84 Å². The van der Waals surface area contributed by atoms with E-state index >= 15 is 0 Å². The largest absolute Gasteiger partial charge is 0.351 e. The summed E-state index contributed by atoms with van der Waals surface area (Å²) in [5.74, 6) is -0.501. The van der Waals surface area contributed by atoms with Crippen molar-refractivity contribution in [2.75, 3.05) is 11.5 Å². The Hall–Kier alpha value is -1.89. The van der Waals surface area contributed by atoms with Crippen molar-refractivity contribution in [3.63, 3.8) is 0 Å². The van der Waals surface area contributed by atoms with Crippen LogP contribution in [0.15, 0.2) is 30.5 Å². The lowest BCUT2D eigenvalue weighted by Gasteiger charge is -2.12. The van der Waals surface area contributed by atoms with Crippen molar-refractivity contribution in [2.24, 2.45) is 0 Å². The molecule has 7 heteroatoms. The van der Waals surface area contributed by atoms with Crippen LogP contribution >= 0.6 is 0 Å². The minimum absolute atomic E-state index is 0.000204. The third-order valence-corrected chi connectivity index (χ3v) is 5.42. The number of carbonyl (C=O) groups excluding carboxylic acids is 1. The van der Waals surface area contributed by atoms with Crippen molar-refractivity contribution in [3.8, 4) is 0 Å². The first-order chi connectivity index (χ1) is 9.93. The van der Waals surface area contributed by atoms with Crippen LogP contribution < -0.4 is 5.32 Å². The van der Waals surface area contributed by atoms with Crippen molar-refractivity contribution in [2.45, 2.75) is 19.0 Å². The monoisotopic (exact) mass is 310 g/mol. The van der Waals surface area contributed by atoms with Gasteiger partial charge in [-0.2, -0.15) is 0 Å². The summed E-state index contributed by atoms with van der Waals surface area (Å²) in [6, 6.07) is 5.89. The molecule has 0 radical (unpaired) electrons. The molecule has 2 heterocycles. The summed E-state index contributed by atoms with van der Waals surface area (Å²) in [5, 5.41) is 3.57. The first-order valence-electron chi connectivity index (χ1n) is 6.67. The molecule has 1 aliphatic heterocycles. The molecule has 0 spiro atoms. The lowest BCUT2D eigenvalue weighted by Crippen LogP contribution is -2.37. The molecule has 1 aromatic carbocycles. The van der Waals surface area contributed by atoms with Crippen LogP contribution in [0.3, 0.4) is 0 Å². The quantitative estimate of drug-likeness (QED) is 0.922. The number of sulfone groups is 1. The highest BCUT2D eigenvalue weighted by Gasteiger charge is 2.28. The molecule has 1 saturated heterocycles. The van der Waals surface area contributed by atoms with Crippen LogP contribution in [0.1, 0.15) is 6.42 Å². The maximum absolute atomic E-state index is 13.3. The Morgan fingerprint density at radius 2 is 2.19 bits per heavy atom. The van der Waals surface area contributed by atoms with Gasteiger partial charge in [-0.1, -0.05) is 0 Å². The Labute approximate surface area is 121 Å². The molecule has 5 nitrogen and oxygen atoms in total. The Morgan fingerprint density at radius 3 is 2.90 bits per heavy atom. The summed E-state index contributed by atoms with van der Waals surface area (Å²) in [4.78, 5) is 12.0. The van der Waals surface area contributed by atoms with Crippen LogP contribution in [-0.2, 0) is 21.2 Å². The number of carbonyl (C=O) groups is 1. The number of fused-ring (bicyclic) bond motifs is 1. The number of hydrogen-bond donors (Lipinski definition) is 1. The molecular formula is C14H15FN2O3S. The number of hydrogen-bond acceptors (Lipinski definition) is 3. The van der Waals surface area contributed by atoms with Gasteiger partial charge in [-0.15, -0.1) is 0 Å². The number of halogens is 1. The molecule has 1 amide bonds. The average Bonchev–Trinajstić information content (AvgIpc) is 2.93. The van der Waals surface area contributed by atoms with Crippen molar-refractivity contribution in [3.05, 3.63) is 36.3 Å². The topological polar surface area (TPSA) is 68.2 Å². The van der Waals surface area contributed by atoms with Gasteiger partial charge in [0, 0.05) is 12.2 Å². The normalized spacial score (nSPS) is 20.7. The van der Waals surface area contributed by atoms with Gasteiger partial charge in [0.05, 0.1) is 17.0 Å². The van der Waals surface area contributed by atoms with Gasteiger partial charge < -0.3 is 9.88 Å². The van der Waals surface area contributed by atoms with E-state index in [1.165, 1.54) is 12.1 Å². The fourth-order valence-electron chi connectivity index (χ4n) is 2.63. The van der Waals surface area contributed by atoms with E-state index in [-0.39, 0.29) is 35.8 Å². The molecular weight excluding hydrogens is 295 g/mol. The molecule has 3 rings (SSSR count). The van der Waals surface area contributed by atoms with E-state index in [4.69, 9.17) is 0 Å². The molecule has 1 aliphatic rings. The van der Waals surface area contributed by atoms with Crippen molar-refractivity contribution < 1.29 is 17.6 Å². The second kappa shape index (κ2) is 5.14. The molecule has 0 saturated carbocycles. The smallest absolute Gasteiger partial charge is 0.240 e. The minimum Gasteiger partial charge on any atom is -0.351 e. The fraction of sp³-hybridized carbons (Fsp3) is 0.357. The third-order valence-electron chi connectivity index (χ3n) is 3.65. The van der Waals surface area contributed by atoms with E-state index in [0.717, 1.165) is 5.39 Å². The zero-order chi connectivity index (χ0) is 15.0. The van der Waals surface area contributed by atoms with Crippen molar-refractivity contribution in [1.29, 1.82) is 0 Å². The van der Waals surface area contributed by atoms with Gasteiger partial charge in [-0.3, -0.25) is 4.79 Å². The Balaban J connectivity index is 1.70. The van der Waals surface area contributed by atoms with Crippen LogP contribution in [0.25, 0.3) is 10.9 Å². The zero-order valence-corrected chi connectivity index (χ0v) is 12.1. The molecule has 21 heavy (non-hydrogen) atoms. The fourth-order valence-corrected chi connectivity index (χ4v) is 4.31. The Morgan fingerprint density at radius 1 is 1.38 bits per heavy atom. The minimum atomic E-state index is -3.01. The first kappa shape index (κ1) is 14.1. The summed E-state index contributed by atoms with van der Waals surface area (Å²) in [7, 11) is -3.01. The molecule has 1 aromatic heterocycles. The van der Waals surface area contributed by atoms with Crippen LogP contribution in [-0.4, -0.2) is 36.4 Å². The lowest BCUT2D eigenvalue weighted by molar-refractivity contribution is -0.122. The van der Waals surface area contributed by atoms with Gasteiger partial charge in [0.25, 0.3) is 0 Å². The van der Waals surface area contributed by atoms with Crippen LogP contribution in [0.2, 0.25) is 0 Å². The van der Waals surface area contributed by atoms with Gasteiger partial charge in [-0.05, 0) is 36.1 Å². The van der Waals surface area contributed by atoms with Gasteiger partial charge in [0.15, 0.2) is 9.84 Å². The van der Waals surface area contributed by atoms with Crippen molar-refractivity contribution >= 4 is 26.6 Å². The third kappa shape index (κ3) is 3.07. The Bertz CT molecular complexity index is 798. The Kier molecular flexibility index (Phi) is 3.44. The molecule has 112 valence electrons. The molecule has 0 aliphatic carbocycles. The molecule has 1 atom stereocenters. The van der Waals surface area contributed by atoms with E-state index in [2.05, 4.69) is 5.32 Å². The van der Waals surface area contributed by atoms with Crippen LogP contribution in [0.4, 0.5) is 4.39 Å². The number of amides is 1. The second-order valence-corrected chi connectivity index (χ2v) is 7.54. The number of rotatable bonds is 3. The van der Waals surface area contributed by atoms with Crippen LogP contribution in [0, 0.1) is 5.82 Å². The van der Waals surface area contributed by atoms with Crippen LogP contribution in [0.5, 0.6) is 0 Å². The predicted molar refractivity (Wildman–Crippen MR) is 77.1 cm³/mol. The molecule has 2 aromatic rings. The van der Waals surface area contributed by atoms with E-state index in [1.54, 1.807) is 16.8 Å². The number of benzene rings is 1. The number of nitrogens with zero attached hydrogens (tertiary/aromatic N) is 1. The SMILES string of the molecule is O=C(Cn1ccc2ccc(F)cc21)NC1CCS(=O)(=O)C1. The number of aromatic nitrogens is 1. The summed E-state index contributed by atoms with van der Waals surface area (Å²) in [6.07, 6.45) is 2.17. The highest BCUT2D eigenvalue weighted by atomic mass is 32.2. The van der Waals surface area contributed by atoms with Crippen molar-refractivity contribution in [1.82, 2.24) is 9.88 Å². The molecule has 1 fully saturated rings. The maximum atomic E-state index is 13.3. The summed E-state index contributed by atoms with van der Waals surface area (Å²) in [5.41, 5.74) is 0.643. The van der Waals surface area contributed by atoms with Gasteiger partial charge in [0.2, 0.25) is 5.91 Å². The van der Waals surface area contributed by atoms with E-state index in [9.17, 15) is 17.6 Å². The summed E-state index contributed by atoms with van der Waals surface area (Å²) >= 11 is 0. The van der Waals surface area contributed by atoms with Gasteiger partial charge in [-0.25, -0.2) is 12.8 Å². The molecule has 1 unspecified atom stereocenters. The number of nitrogens with one attached hydrogen (secondary N) is 1. The summed E-state index contributed by atoms with van der Waals surface area (Å²) < 4.78 is 37.6. The lowest BCUT2D eigenvalue weighted by atomic mass is 10.2. The molecule has 1 N–H and O–H groups in total. The zero-order valence-electron chi connectivity index (χ0n) is 11.3. The second-order valence-electron chi connectivity index (χ2n) is 5.31. The first-order valence-corrected chi connectivity index (χ1v) is 8.49. The highest BCUT2D eigenvalue weighted by Crippen LogP contribution is 2.17. The van der Waals surface area contributed by atoms with Gasteiger partial charge in [0.1, 0.15) is 12.4 Å². The standard InChI is InChI=1S/C14H15FN2O3S/c15-11-2-1-10-3-5-17(13(10)7-11)8-14(18)16-12-4-6-21(19,20)9-12/h1-3,5,7,12H,4,6,8-9H2,(H,16,18). The summed E-state index contributed by atoms with van der Waals surface area (Å²) in [6.45, 7) is 0.0451. The van der Waals surface area contributed by atoms with E-state index in [1.807, 2.05) is 6.07 Å². The molecule has 0 bridgehead atoms. The highest BCUT2D eigenvalue weighted by molar-refractivity contribution is 7.91. The average molecular weight is 310 g/mol. The predicted octanol–water partition coefficient (Wildman–Crippen LogP) is 1.08. The maximum Gasteiger partial charge on any atom is 0.240 e. The van der Waals surface area contributed by atoms with E-state index in [0.29, 0.717) is 11.9 Å². The van der Waals surface area contributed by atoms with Gasteiger partial charge >= 0.3 is 0 Å².